The van der Waals surface area contributed by atoms with Gasteiger partial charge in [0.15, 0.2) is 5.16 Å². The molecule has 0 aliphatic carbocycles. The molecule has 1 saturated heterocycles. The van der Waals surface area contributed by atoms with Gasteiger partial charge in [0, 0.05) is 38.1 Å². The van der Waals surface area contributed by atoms with Crippen LogP contribution in [0.15, 0.2) is 23.5 Å². The van der Waals surface area contributed by atoms with Gasteiger partial charge in [0.2, 0.25) is 0 Å². The zero-order chi connectivity index (χ0) is 17.1. The molecule has 0 saturated carbocycles. The summed E-state index contributed by atoms with van der Waals surface area (Å²) in [4.78, 5) is 23.4. The highest BCUT2D eigenvalue weighted by Gasteiger charge is 2.24. The third kappa shape index (κ3) is 3.69. The lowest BCUT2D eigenvalue weighted by atomic mass is 10.1. The van der Waals surface area contributed by atoms with Crippen molar-refractivity contribution in [3.05, 3.63) is 29.7 Å². The molecule has 0 spiro atoms. The van der Waals surface area contributed by atoms with E-state index in [4.69, 9.17) is 0 Å². The van der Waals surface area contributed by atoms with Gasteiger partial charge in [0.1, 0.15) is 11.5 Å². The number of aromatic nitrogens is 4. The number of hydrogen-bond donors (Lipinski definition) is 1. The summed E-state index contributed by atoms with van der Waals surface area (Å²) in [6.07, 6.45) is 5.74. The van der Waals surface area contributed by atoms with Crippen LogP contribution in [0.4, 0.5) is 5.82 Å². The number of hydrogen-bond acceptors (Lipinski definition) is 6. The first kappa shape index (κ1) is 16.8. The fourth-order valence-electron chi connectivity index (χ4n) is 2.84. The van der Waals surface area contributed by atoms with Crippen LogP contribution in [0.1, 0.15) is 29.0 Å². The largest absolute Gasteiger partial charge is 0.354 e. The Hall–Kier alpha value is -2.09. The van der Waals surface area contributed by atoms with Gasteiger partial charge >= 0.3 is 0 Å². The Kier molecular flexibility index (Phi) is 5.03. The van der Waals surface area contributed by atoms with Crippen LogP contribution in [0.5, 0.6) is 0 Å². The average Bonchev–Trinajstić information content (AvgIpc) is 2.94. The Morgan fingerprint density at radius 1 is 1.46 bits per heavy atom. The topological polar surface area (TPSA) is 75.9 Å². The number of piperidine rings is 1. The number of nitrogens with one attached hydrogen (secondary N) is 1. The summed E-state index contributed by atoms with van der Waals surface area (Å²) < 4.78 is 1.72. The molecule has 2 aromatic heterocycles. The highest BCUT2D eigenvalue weighted by molar-refractivity contribution is 7.98. The molecule has 0 radical (unpaired) electrons. The summed E-state index contributed by atoms with van der Waals surface area (Å²) in [6, 6.07) is 3.83. The number of amides is 1. The van der Waals surface area contributed by atoms with E-state index < -0.39 is 0 Å². The molecule has 1 atom stereocenters. The number of nitrogens with zero attached hydrogens (tertiary/aromatic N) is 5. The monoisotopic (exact) mass is 346 g/mol. The van der Waals surface area contributed by atoms with Gasteiger partial charge in [-0.15, -0.1) is 0 Å². The molecule has 3 heterocycles. The summed E-state index contributed by atoms with van der Waals surface area (Å²) >= 11 is 1.53. The average molecular weight is 346 g/mol. The Morgan fingerprint density at radius 2 is 2.29 bits per heavy atom. The quantitative estimate of drug-likeness (QED) is 0.670. The number of carbonyl (C=O) groups excluding carboxylic acids is 1. The zero-order valence-electron chi connectivity index (χ0n) is 14.2. The Balaban J connectivity index is 1.65. The van der Waals surface area contributed by atoms with Crippen LogP contribution in [0.25, 0.3) is 0 Å². The molecular weight excluding hydrogens is 324 g/mol. The van der Waals surface area contributed by atoms with Gasteiger partial charge in [-0.1, -0.05) is 11.8 Å². The van der Waals surface area contributed by atoms with Crippen LogP contribution < -0.4 is 10.2 Å². The van der Waals surface area contributed by atoms with Crippen LogP contribution >= 0.6 is 11.8 Å². The number of aryl methyl sites for hydroxylation is 2. The van der Waals surface area contributed by atoms with Crippen LogP contribution in [0.3, 0.4) is 0 Å². The van der Waals surface area contributed by atoms with Crippen molar-refractivity contribution in [3.8, 4) is 0 Å². The van der Waals surface area contributed by atoms with E-state index in [0.29, 0.717) is 5.69 Å². The van der Waals surface area contributed by atoms with E-state index in [1.807, 2.05) is 32.4 Å². The van der Waals surface area contributed by atoms with Crippen LogP contribution in [-0.2, 0) is 7.05 Å². The van der Waals surface area contributed by atoms with Gasteiger partial charge in [-0.3, -0.25) is 9.48 Å². The summed E-state index contributed by atoms with van der Waals surface area (Å²) in [6.45, 7) is 3.63. The lowest BCUT2D eigenvalue weighted by Crippen LogP contribution is -2.48. The van der Waals surface area contributed by atoms with Gasteiger partial charge in [-0.2, -0.15) is 5.10 Å². The molecule has 1 aliphatic heterocycles. The second kappa shape index (κ2) is 7.21. The first-order valence-corrected chi connectivity index (χ1v) is 9.23. The summed E-state index contributed by atoms with van der Waals surface area (Å²) in [5.41, 5.74) is 1.44. The highest BCUT2D eigenvalue weighted by atomic mass is 32.2. The lowest BCUT2D eigenvalue weighted by molar-refractivity contribution is 0.0927. The van der Waals surface area contributed by atoms with E-state index in [9.17, 15) is 4.79 Å². The van der Waals surface area contributed by atoms with Crippen LogP contribution in [-0.4, -0.2) is 51.0 Å². The van der Waals surface area contributed by atoms with Crippen molar-refractivity contribution in [1.29, 1.82) is 0 Å². The smallest absolute Gasteiger partial charge is 0.272 e. The molecule has 1 N–H and O–H groups in total. The molecule has 1 amide bonds. The van der Waals surface area contributed by atoms with Crippen molar-refractivity contribution in [2.45, 2.75) is 31.0 Å². The normalized spacial score (nSPS) is 17.8. The van der Waals surface area contributed by atoms with E-state index in [0.717, 1.165) is 42.6 Å². The molecule has 24 heavy (non-hydrogen) atoms. The van der Waals surface area contributed by atoms with E-state index in [1.54, 1.807) is 10.9 Å². The van der Waals surface area contributed by atoms with Crippen LogP contribution in [0, 0.1) is 6.92 Å². The first-order chi connectivity index (χ1) is 11.6. The van der Waals surface area contributed by atoms with E-state index in [1.165, 1.54) is 11.8 Å². The maximum absolute atomic E-state index is 12.4. The maximum Gasteiger partial charge on any atom is 0.272 e. The van der Waals surface area contributed by atoms with Crippen LogP contribution in [0.2, 0.25) is 0 Å². The van der Waals surface area contributed by atoms with Gasteiger partial charge < -0.3 is 10.2 Å². The molecule has 0 aromatic carbocycles. The Bertz CT molecular complexity index is 712. The molecule has 8 heteroatoms. The molecule has 0 bridgehead atoms. The maximum atomic E-state index is 12.4. The Morgan fingerprint density at radius 3 is 3.00 bits per heavy atom. The van der Waals surface area contributed by atoms with Crippen molar-refractivity contribution >= 4 is 23.5 Å². The summed E-state index contributed by atoms with van der Waals surface area (Å²) in [5, 5.41) is 8.11. The van der Waals surface area contributed by atoms with Gasteiger partial charge in [-0.25, -0.2) is 9.97 Å². The van der Waals surface area contributed by atoms with E-state index in [2.05, 4.69) is 25.3 Å². The summed E-state index contributed by atoms with van der Waals surface area (Å²) in [5.74, 6) is 0.806. The molecular formula is C16H22N6OS. The molecule has 1 aliphatic rings. The number of rotatable bonds is 4. The molecule has 7 nitrogen and oxygen atoms in total. The van der Waals surface area contributed by atoms with Crippen molar-refractivity contribution in [3.63, 3.8) is 0 Å². The van der Waals surface area contributed by atoms with Crippen molar-refractivity contribution in [2.24, 2.45) is 7.05 Å². The van der Waals surface area contributed by atoms with Crippen molar-refractivity contribution < 1.29 is 4.79 Å². The minimum absolute atomic E-state index is 0.0984. The molecule has 1 fully saturated rings. The third-order valence-electron chi connectivity index (χ3n) is 4.23. The molecule has 1 unspecified atom stereocenters. The third-order valence-corrected chi connectivity index (χ3v) is 4.79. The van der Waals surface area contributed by atoms with E-state index in [-0.39, 0.29) is 11.9 Å². The molecule has 2 aromatic rings. The molecule has 3 rings (SSSR count). The van der Waals surface area contributed by atoms with Crippen molar-refractivity contribution in [2.75, 3.05) is 24.2 Å². The first-order valence-electron chi connectivity index (χ1n) is 8.00. The minimum Gasteiger partial charge on any atom is -0.354 e. The zero-order valence-corrected chi connectivity index (χ0v) is 15.0. The summed E-state index contributed by atoms with van der Waals surface area (Å²) in [7, 11) is 1.84. The second-order valence-corrected chi connectivity index (χ2v) is 6.73. The highest BCUT2D eigenvalue weighted by Crippen LogP contribution is 2.20. The fourth-order valence-corrected chi connectivity index (χ4v) is 3.19. The predicted octanol–water partition coefficient (Wildman–Crippen LogP) is 1.64. The van der Waals surface area contributed by atoms with Gasteiger partial charge in [0.05, 0.1) is 0 Å². The second-order valence-electron chi connectivity index (χ2n) is 5.95. The molecule has 128 valence electrons. The van der Waals surface area contributed by atoms with Crippen molar-refractivity contribution in [1.82, 2.24) is 25.1 Å². The minimum atomic E-state index is -0.113. The van der Waals surface area contributed by atoms with E-state index >= 15 is 0 Å². The number of thioether (sulfide) groups is 1. The number of anilines is 1. The standard InChI is InChI=1S/C16H22N6OS/c1-11-9-13(20-21(11)2)15(23)18-12-5-4-8-22(10-12)14-6-7-17-16(19-14)24-3/h6-7,9,12H,4-5,8,10H2,1-3H3,(H,18,23). The predicted molar refractivity (Wildman–Crippen MR) is 94.5 cm³/mol. The van der Waals surface area contributed by atoms with Gasteiger partial charge in [0.25, 0.3) is 5.91 Å². The Labute approximate surface area is 145 Å². The lowest BCUT2D eigenvalue weighted by Gasteiger charge is -2.33. The van der Waals surface area contributed by atoms with Gasteiger partial charge in [-0.05, 0) is 38.2 Å². The number of carbonyl (C=O) groups is 1. The SMILES string of the molecule is CSc1nccc(N2CCCC(NC(=O)c3cc(C)n(C)n3)C2)n1. The fraction of sp³-hybridized carbons (Fsp3) is 0.500.